The van der Waals surface area contributed by atoms with E-state index in [0.29, 0.717) is 13.1 Å². The maximum absolute atomic E-state index is 9.65. The van der Waals surface area contributed by atoms with Crippen molar-refractivity contribution in [1.82, 2.24) is 4.90 Å². The van der Waals surface area contributed by atoms with Crippen LogP contribution >= 0.6 is 0 Å². The summed E-state index contributed by atoms with van der Waals surface area (Å²) in [5.41, 5.74) is 1.11. The van der Waals surface area contributed by atoms with Crippen molar-refractivity contribution in [2.75, 3.05) is 13.2 Å². The van der Waals surface area contributed by atoms with Crippen LogP contribution in [0.3, 0.4) is 0 Å². The Bertz CT molecular complexity index is 330. The third-order valence-electron chi connectivity index (χ3n) is 3.09. The van der Waals surface area contributed by atoms with Crippen LogP contribution in [0.15, 0.2) is 30.3 Å². The molecule has 0 unspecified atom stereocenters. The lowest BCUT2D eigenvalue weighted by Gasteiger charge is -2.23. The highest BCUT2D eigenvalue weighted by atomic mass is 16.3. The van der Waals surface area contributed by atoms with E-state index in [2.05, 4.69) is 0 Å². The van der Waals surface area contributed by atoms with Gasteiger partial charge in [-0.1, -0.05) is 30.3 Å². The average molecular weight is 223 g/mol. The molecule has 0 bridgehead atoms. The zero-order valence-electron chi connectivity index (χ0n) is 9.03. The van der Waals surface area contributed by atoms with E-state index >= 15 is 0 Å². The Hall–Kier alpha value is -0.940. The average Bonchev–Trinajstić information content (AvgIpc) is 2.56. The molecule has 0 spiro atoms. The van der Waals surface area contributed by atoms with Gasteiger partial charge in [0, 0.05) is 13.1 Å². The Morgan fingerprint density at radius 2 is 1.88 bits per heavy atom. The van der Waals surface area contributed by atoms with E-state index in [1.807, 2.05) is 35.2 Å². The van der Waals surface area contributed by atoms with Crippen LogP contribution in [0.25, 0.3) is 0 Å². The van der Waals surface area contributed by atoms with E-state index in [4.69, 9.17) is 0 Å². The SMILES string of the molecule is OC[C@@H]1[C@H](O)[C@@H](O)CN1Cc1ccccc1. The van der Waals surface area contributed by atoms with Crippen LogP contribution in [0.4, 0.5) is 0 Å². The van der Waals surface area contributed by atoms with Gasteiger partial charge >= 0.3 is 0 Å². The first kappa shape index (κ1) is 11.5. The largest absolute Gasteiger partial charge is 0.395 e. The molecule has 0 radical (unpaired) electrons. The fourth-order valence-electron chi connectivity index (χ4n) is 2.18. The molecular weight excluding hydrogens is 206 g/mol. The predicted molar refractivity (Wildman–Crippen MR) is 59.7 cm³/mol. The summed E-state index contributed by atoms with van der Waals surface area (Å²) in [6, 6.07) is 9.46. The summed E-state index contributed by atoms with van der Waals surface area (Å²) < 4.78 is 0. The zero-order chi connectivity index (χ0) is 11.5. The zero-order valence-corrected chi connectivity index (χ0v) is 9.03. The molecule has 2 rings (SSSR count). The molecule has 1 aliphatic rings. The Balaban J connectivity index is 2.05. The van der Waals surface area contributed by atoms with Crippen LogP contribution < -0.4 is 0 Å². The van der Waals surface area contributed by atoms with Gasteiger partial charge in [-0.15, -0.1) is 0 Å². The standard InChI is InChI=1S/C12H17NO3/c14-8-10-12(16)11(15)7-13(10)6-9-4-2-1-3-5-9/h1-5,10-12,14-16H,6-8H2/t10-,11+,12+/m1/s1. The molecule has 0 aliphatic carbocycles. The third kappa shape index (κ3) is 2.25. The van der Waals surface area contributed by atoms with E-state index in [1.54, 1.807) is 0 Å². The summed E-state index contributed by atoms with van der Waals surface area (Å²) in [4.78, 5) is 1.91. The van der Waals surface area contributed by atoms with Gasteiger partial charge in [0.05, 0.1) is 24.9 Å². The van der Waals surface area contributed by atoms with Crippen molar-refractivity contribution in [2.45, 2.75) is 24.8 Å². The topological polar surface area (TPSA) is 63.9 Å². The molecule has 1 aromatic rings. The van der Waals surface area contributed by atoms with E-state index < -0.39 is 12.2 Å². The van der Waals surface area contributed by atoms with E-state index in [-0.39, 0.29) is 12.6 Å². The summed E-state index contributed by atoms with van der Waals surface area (Å²) in [5.74, 6) is 0. The molecule has 0 saturated carbocycles. The Morgan fingerprint density at radius 3 is 2.50 bits per heavy atom. The number of nitrogens with zero attached hydrogens (tertiary/aromatic N) is 1. The first-order valence-corrected chi connectivity index (χ1v) is 5.47. The van der Waals surface area contributed by atoms with Gasteiger partial charge in [-0.2, -0.15) is 0 Å². The monoisotopic (exact) mass is 223 g/mol. The lowest BCUT2D eigenvalue weighted by atomic mass is 10.1. The number of β-amino-alcohol motifs (C(OH)–C–C–N with tert-alkyl or cyclic N) is 1. The van der Waals surface area contributed by atoms with Crippen LogP contribution in [0.1, 0.15) is 5.56 Å². The van der Waals surface area contributed by atoms with E-state index in [0.717, 1.165) is 5.56 Å². The lowest BCUT2D eigenvalue weighted by molar-refractivity contribution is 0.0210. The highest BCUT2D eigenvalue weighted by Gasteiger charge is 2.38. The number of benzene rings is 1. The van der Waals surface area contributed by atoms with Crippen LogP contribution in [-0.2, 0) is 6.54 Å². The fourth-order valence-corrected chi connectivity index (χ4v) is 2.18. The highest BCUT2D eigenvalue weighted by molar-refractivity contribution is 5.15. The normalized spacial score (nSPS) is 30.8. The Labute approximate surface area is 94.8 Å². The van der Waals surface area contributed by atoms with E-state index in [9.17, 15) is 15.3 Å². The van der Waals surface area contributed by atoms with Crippen LogP contribution in [0, 0.1) is 0 Å². The van der Waals surface area contributed by atoms with Gasteiger partial charge in [-0.05, 0) is 5.56 Å². The Kier molecular flexibility index (Phi) is 3.56. The number of hydrogen-bond donors (Lipinski definition) is 3. The lowest BCUT2D eigenvalue weighted by Crippen LogP contribution is -2.38. The van der Waals surface area contributed by atoms with Crippen molar-refractivity contribution in [1.29, 1.82) is 0 Å². The van der Waals surface area contributed by atoms with Crippen LogP contribution in [-0.4, -0.2) is 51.6 Å². The number of likely N-dealkylation sites (tertiary alicyclic amines) is 1. The molecule has 0 aromatic heterocycles. The first-order valence-electron chi connectivity index (χ1n) is 5.47. The maximum Gasteiger partial charge on any atom is 0.0988 e. The molecule has 1 aliphatic heterocycles. The van der Waals surface area contributed by atoms with Gasteiger partial charge < -0.3 is 15.3 Å². The quantitative estimate of drug-likeness (QED) is 0.651. The van der Waals surface area contributed by atoms with Gasteiger partial charge in [0.1, 0.15) is 0 Å². The van der Waals surface area contributed by atoms with Gasteiger partial charge in [-0.3, -0.25) is 4.90 Å². The Morgan fingerprint density at radius 1 is 1.19 bits per heavy atom. The van der Waals surface area contributed by atoms with Gasteiger partial charge in [0.2, 0.25) is 0 Å². The molecule has 1 aromatic carbocycles. The minimum atomic E-state index is -0.853. The summed E-state index contributed by atoms with van der Waals surface area (Å²) in [6.07, 6.45) is -1.62. The minimum absolute atomic E-state index is 0.134. The number of aliphatic hydroxyl groups is 3. The molecule has 16 heavy (non-hydrogen) atoms. The molecule has 4 nitrogen and oxygen atoms in total. The fraction of sp³-hybridized carbons (Fsp3) is 0.500. The molecule has 1 saturated heterocycles. The molecule has 3 N–H and O–H groups in total. The highest BCUT2D eigenvalue weighted by Crippen LogP contribution is 2.20. The molecule has 0 amide bonds. The molecule has 1 fully saturated rings. The minimum Gasteiger partial charge on any atom is -0.395 e. The van der Waals surface area contributed by atoms with E-state index in [1.165, 1.54) is 0 Å². The summed E-state index contributed by atoms with van der Waals surface area (Å²) in [5, 5.41) is 28.4. The second-order valence-corrected chi connectivity index (χ2v) is 4.22. The summed E-state index contributed by atoms with van der Waals surface area (Å²) in [7, 11) is 0. The third-order valence-corrected chi connectivity index (χ3v) is 3.09. The maximum atomic E-state index is 9.65. The second kappa shape index (κ2) is 4.93. The molecule has 4 heteroatoms. The van der Waals surface area contributed by atoms with Crippen molar-refractivity contribution >= 4 is 0 Å². The first-order chi connectivity index (χ1) is 7.72. The second-order valence-electron chi connectivity index (χ2n) is 4.22. The molecular formula is C12H17NO3. The van der Waals surface area contributed by atoms with Crippen molar-refractivity contribution in [3.05, 3.63) is 35.9 Å². The summed E-state index contributed by atoms with van der Waals surface area (Å²) in [6.45, 7) is 0.909. The number of aliphatic hydroxyl groups excluding tert-OH is 3. The van der Waals surface area contributed by atoms with Gasteiger partial charge in [0.15, 0.2) is 0 Å². The van der Waals surface area contributed by atoms with Crippen LogP contribution in [0.2, 0.25) is 0 Å². The van der Waals surface area contributed by atoms with Crippen molar-refractivity contribution in [3.8, 4) is 0 Å². The van der Waals surface area contributed by atoms with Crippen LogP contribution in [0.5, 0.6) is 0 Å². The van der Waals surface area contributed by atoms with Crippen molar-refractivity contribution < 1.29 is 15.3 Å². The number of rotatable bonds is 3. The van der Waals surface area contributed by atoms with Crippen molar-refractivity contribution in [3.63, 3.8) is 0 Å². The molecule has 1 heterocycles. The summed E-state index contributed by atoms with van der Waals surface area (Å²) >= 11 is 0. The van der Waals surface area contributed by atoms with Gasteiger partial charge in [0.25, 0.3) is 0 Å². The predicted octanol–water partition coefficient (Wildman–Crippen LogP) is -0.415. The van der Waals surface area contributed by atoms with Gasteiger partial charge in [-0.25, -0.2) is 0 Å². The van der Waals surface area contributed by atoms with Crippen molar-refractivity contribution in [2.24, 2.45) is 0 Å². The smallest absolute Gasteiger partial charge is 0.0988 e. The number of hydrogen-bond acceptors (Lipinski definition) is 4. The molecule has 88 valence electrons. The molecule has 3 atom stereocenters.